The average Bonchev–Trinajstić information content (AvgIpc) is 2.49. The second kappa shape index (κ2) is 5.93. The van der Waals surface area contributed by atoms with E-state index in [1.807, 2.05) is 0 Å². The summed E-state index contributed by atoms with van der Waals surface area (Å²) in [7, 11) is -4.17. The largest absolute Gasteiger partial charge is 0.872 e. The molecule has 0 aliphatic heterocycles. The van der Waals surface area contributed by atoms with Crippen molar-refractivity contribution in [2.45, 2.75) is 4.90 Å². The molecule has 120 valence electrons. The smallest absolute Gasteiger partial charge is 0.335 e. The first-order valence-corrected chi connectivity index (χ1v) is 7.50. The van der Waals surface area contributed by atoms with E-state index in [4.69, 9.17) is 5.11 Å². The number of nitro benzene ring substituents is 1. The van der Waals surface area contributed by atoms with Gasteiger partial charge in [0.2, 0.25) is 0 Å². The molecular weight excluding hydrogens is 328 g/mol. The van der Waals surface area contributed by atoms with Gasteiger partial charge in [0.25, 0.3) is 15.7 Å². The minimum atomic E-state index is -4.17. The average molecular weight is 337 g/mol. The molecule has 10 heteroatoms. The summed E-state index contributed by atoms with van der Waals surface area (Å²) in [5.74, 6) is -2.26. The number of non-ortho nitro benzene ring substituents is 1. The summed E-state index contributed by atoms with van der Waals surface area (Å²) in [5, 5.41) is 30.9. The molecular formula is C13H9N2O7S-. The topological polar surface area (TPSA) is 150 Å². The van der Waals surface area contributed by atoms with E-state index >= 15 is 0 Å². The Morgan fingerprint density at radius 1 is 1.17 bits per heavy atom. The molecule has 0 unspecified atom stereocenters. The predicted octanol–water partition coefficient (Wildman–Crippen LogP) is 1.17. The summed E-state index contributed by atoms with van der Waals surface area (Å²) < 4.78 is 26.4. The molecule has 0 aromatic heterocycles. The molecule has 0 spiro atoms. The molecule has 2 rings (SSSR count). The Labute approximate surface area is 130 Å². The molecule has 0 bridgehead atoms. The molecule has 0 saturated heterocycles. The number of carboxylic acid groups (broad SMARTS) is 1. The van der Waals surface area contributed by atoms with Crippen LogP contribution in [0, 0.1) is 10.1 Å². The van der Waals surface area contributed by atoms with Crippen LogP contribution in [0.5, 0.6) is 5.75 Å². The number of nitrogens with zero attached hydrogens (tertiary/aromatic N) is 1. The van der Waals surface area contributed by atoms with Crippen molar-refractivity contribution < 1.29 is 28.3 Å². The van der Waals surface area contributed by atoms with Gasteiger partial charge in [0.1, 0.15) is 0 Å². The van der Waals surface area contributed by atoms with E-state index in [9.17, 15) is 28.4 Å². The molecule has 2 N–H and O–H groups in total. The molecule has 2 aromatic rings. The summed E-state index contributed by atoms with van der Waals surface area (Å²) in [6, 6.07) is 7.24. The number of benzene rings is 2. The summed E-state index contributed by atoms with van der Waals surface area (Å²) in [6.45, 7) is 0. The molecule has 9 nitrogen and oxygen atoms in total. The Balaban J connectivity index is 2.39. The number of aromatic carboxylic acids is 1. The number of nitrogens with one attached hydrogen (secondary N) is 1. The van der Waals surface area contributed by atoms with Gasteiger partial charge in [-0.1, -0.05) is 17.9 Å². The van der Waals surface area contributed by atoms with E-state index in [0.717, 1.165) is 36.4 Å². The summed E-state index contributed by atoms with van der Waals surface area (Å²) in [6.07, 6.45) is 0. The summed E-state index contributed by atoms with van der Waals surface area (Å²) in [5.41, 5.74) is -1.15. The molecule has 0 atom stereocenters. The van der Waals surface area contributed by atoms with Crippen LogP contribution in [0.1, 0.15) is 10.4 Å². The van der Waals surface area contributed by atoms with Crippen LogP contribution in [-0.4, -0.2) is 24.4 Å². The van der Waals surface area contributed by atoms with Crippen LogP contribution in [0.15, 0.2) is 47.4 Å². The van der Waals surface area contributed by atoms with Crippen molar-refractivity contribution in [3.8, 4) is 5.75 Å². The third-order valence-electron chi connectivity index (χ3n) is 2.80. The van der Waals surface area contributed by atoms with Crippen LogP contribution in [-0.2, 0) is 10.0 Å². The van der Waals surface area contributed by atoms with Gasteiger partial charge in [-0.15, -0.1) is 0 Å². The van der Waals surface area contributed by atoms with E-state index in [-0.39, 0.29) is 10.6 Å². The first-order chi connectivity index (χ1) is 10.7. The predicted molar refractivity (Wildman–Crippen MR) is 76.8 cm³/mol. The van der Waals surface area contributed by atoms with Gasteiger partial charge in [0.15, 0.2) is 0 Å². The minimum absolute atomic E-state index is 0.145. The molecule has 0 aliphatic rings. The molecule has 0 fully saturated rings. The van der Waals surface area contributed by atoms with E-state index < -0.39 is 37.9 Å². The van der Waals surface area contributed by atoms with Gasteiger partial charge in [0.05, 0.1) is 15.4 Å². The van der Waals surface area contributed by atoms with Gasteiger partial charge < -0.3 is 10.2 Å². The molecule has 0 amide bonds. The van der Waals surface area contributed by atoms with Crippen LogP contribution >= 0.6 is 0 Å². The zero-order valence-electron chi connectivity index (χ0n) is 11.3. The highest BCUT2D eigenvalue weighted by Crippen LogP contribution is 2.23. The number of sulfonamides is 1. The molecule has 0 aliphatic carbocycles. The molecule has 23 heavy (non-hydrogen) atoms. The number of nitro groups is 1. The lowest BCUT2D eigenvalue weighted by Crippen LogP contribution is -2.14. The highest BCUT2D eigenvalue weighted by Gasteiger charge is 2.18. The van der Waals surface area contributed by atoms with Crippen molar-refractivity contribution in [2.75, 3.05) is 4.72 Å². The Morgan fingerprint density at radius 3 is 2.48 bits per heavy atom. The van der Waals surface area contributed by atoms with Crippen molar-refractivity contribution in [2.24, 2.45) is 0 Å². The van der Waals surface area contributed by atoms with Crippen LogP contribution in [0.2, 0.25) is 0 Å². The normalized spacial score (nSPS) is 11.0. The van der Waals surface area contributed by atoms with Crippen LogP contribution in [0.4, 0.5) is 11.4 Å². The zero-order chi connectivity index (χ0) is 17.2. The van der Waals surface area contributed by atoms with Gasteiger partial charge in [-0.2, -0.15) is 0 Å². The number of rotatable bonds is 5. The maximum Gasteiger partial charge on any atom is 0.335 e. The maximum absolute atomic E-state index is 12.2. The van der Waals surface area contributed by atoms with Crippen molar-refractivity contribution in [3.05, 3.63) is 58.1 Å². The zero-order valence-corrected chi connectivity index (χ0v) is 12.1. The molecule has 0 heterocycles. The van der Waals surface area contributed by atoms with E-state index in [1.165, 1.54) is 6.07 Å². The number of anilines is 1. The highest BCUT2D eigenvalue weighted by atomic mass is 32.2. The number of hydrogen-bond donors (Lipinski definition) is 2. The number of carbonyl (C=O) groups is 1. The van der Waals surface area contributed by atoms with Crippen LogP contribution < -0.4 is 9.83 Å². The Kier molecular flexibility index (Phi) is 4.18. The third-order valence-corrected chi connectivity index (χ3v) is 4.18. The SMILES string of the molecule is O=C(O)c1cc(NS(=O)(=O)c2cccc([N+](=O)[O-])c2)ccc1[O-]. The van der Waals surface area contributed by atoms with E-state index in [1.54, 1.807) is 0 Å². The Bertz CT molecular complexity index is 893. The molecule has 2 aromatic carbocycles. The highest BCUT2D eigenvalue weighted by molar-refractivity contribution is 7.92. The Morgan fingerprint density at radius 2 is 1.87 bits per heavy atom. The fourth-order valence-corrected chi connectivity index (χ4v) is 2.83. The van der Waals surface area contributed by atoms with Crippen LogP contribution in [0.3, 0.4) is 0 Å². The van der Waals surface area contributed by atoms with Gasteiger partial charge >= 0.3 is 5.97 Å². The number of carboxylic acids is 1. The third kappa shape index (κ3) is 3.55. The van der Waals surface area contributed by atoms with Crippen molar-refractivity contribution in [1.29, 1.82) is 0 Å². The quantitative estimate of drug-likeness (QED) is 0.614. The fraction of sp³-hybridized carbons (Fsp3) is 0. The van der Waals surface area contributed by atoms with Gasteiger partial charge in [-0.3, -0.25) is 14.8 Å². The van der Waals surface area contributed by atoms with E-state index in [2.05, 4.69) is 4.72 Å². The molecule has 0 saturated carbocycles. The Hall–Kier alpha value is -3.14. The lowest BCUT2D eigenvalue weighted by Gasteiger charge is -2.13. The van der Waals surface area contributed by atoms with Crippen molar-refractivity contribution in [1.82, 2.24) is 0 Å². The van der Waals surface area contributed by atoms with Crippen LogP contribution in [0.25, 0.3) is 0 Å². The second-order valence-corrected chi connectivity index (χ2v) is 6.06. The van der Waals surface area contributed by atoms with Gasteiger partial charge in [-0.05, 0) is 18.2 Å². The monoisotopic (exact) mass is 337 g/mol. The lowest BCUT2D eigenvalue weighted by molar-refractivity contribution is -0.385. The summed E-state index contributed by atoms with van der Waals surface area (Å²) >= 11 is 0. The summed E-state index contributed by atoms with van der Waals surface area (Å²) in [4.78, 5) is 20.5. The minimum Gasteiger partial charge on any atom is -0.872 e. The first-order valence-electron chi connectivity index (χ1n) is 6.02. The number of hydrogen-bond acceptors (Lipinski definition) is 6. The van der Waals surface area contributed by atoms with Crippen molar-refractivity contribution >= 4 is 27.4 Å². The standard InChI is InChI=1S/C13H10N2O7S/c16-12-5-4-8(6-11(12)13(17)18)14-23(21,22)10-3-1-2-9(7-10)15(19)20/h1-7,14,16H,(H,17,18)/p-1. The molecule has 0 radical (unpaired) electrons. The fourth-order valence-electron chi connectivity index (χ4n) is 1.74. The van der Waals surface area contributed by atoms with E-state index in [0.29, 0.717) is 0 Å². The van der Waals surface area contributed by atoms with Gasteiger partial charge in [0, 0.05) is 17.8 Å². The lowest BCUT2D eigenvalue weighted by atomic mass is 10.2. The van der Waals surface area contributed by atoms with Gasteiger partial charge in [-0.25, -0.2) is 13.2 Å². The van der Waals surface area contributed by atoms with Crippen molar-refractivity contribution in [3.63, 3.8) is 0 Å². The second-order valence-electron chi connectivity index (χ2n) is 4.38. The first kappa shape index (κ1) is 16.2. The maximum atomic E-state index is 12.2.